The number of hydrogen-bond donors (Lipinski definition) is 3. The average molecular weight is 903 g/mol. The summed E-state index contributed by atoms with van der Waals surface area (Å²) in [6.45, 7) is 17.5. The van der Waals surface area contributed by atoms with Crippen molar-refractivity contribution in [2.45, 2.75) is 155 Å². The highest BCUT2D eigenvalue weighted by atomic mass is 16.9. The van der Waals surface area contributed by atoms with E-state index in [1.807, 2.05) is 0 Å². The summed E-state index contributed by atoms with van der Waals surface area (Å²) in [6, 6.07) is 1.49. The van der Waals surface area contributed by atoms with E-state index in [-0.39, 0.29) is 12.0 Å². The van der Waals surface area contributed by atoms with Gasteiger partial charge in [-0.3, -0.25) is 19.2 Å². The van der Waals surface area contributed by atoms with Crippen molar-refractivity contribution in [1.82, 2.24) is 0 Å². The highest BCUT2D eigenvalue weighted by Crippen LogP contribution is 2.90. The first-order valence-corrected chi connectivity index (χ1v) is 21.6. The molecule has 0 amide bonds. The second kappa shape index (κ2) is 14.0. The number of esters is 6. The molecule has 1 aromatic rings. The van der Waals surface area contributed by atoms with Gasteiger partial charge < -0.3 is 62.4 Å². The highest BCUT2D eigenvalue weighted by Gasteiger charge is 3.07. The first-order valence-electron chi connectivity index (χ1n) is 21.6. The maximum Gasteiger partial charge on any atom is 0.338 e. The Morgan fingerprint density at radius 1 is 0.797 bits per heavy atom. The molecular weight excluding hydrogens is 844 g/mol. The minimum atomic E-state index is -2.76. The molecule has 7 aliphatic rings. The van der Waals surface area contributed by atoms with Crippen LogP contribution < -0.4 is 0 Å². The SMILES string of the molecule is COC(=O)C(O)[C@H]1[C@@]2(C)C[C@@]34O[C@]5(C)O[C@]6([C@@H]7/C(=C(/O)C(C)C)C(=O)O[C@@H](c8ccoc8)[C@]7(C)[C@@H](OC(=O)C(C)C)[C@@H](OC(=O)C(C)C)[C@]6(O5)[C@]13C)[C@H](OC(C)=O)[C@@]4(O)[C@H]2OC(C)=O. The summed E-state index contributed by atoms with van der Waals surface area (Å²) < 4.78 is 64.4. The van der Waals surface area contributed by atoms with E-state index < -0.39 is 158 Å². The van der Waals surface area contributed by atoms with Crippen molar-refractivity contribution < 1.29 is 91.1 Å². The van der Waals surface area contributed by atoms with Crippen LogP contribution in [0, 0.1) is 45.8 Å². The molecule has 1 unspecified atom stereocenters. The van der Waals surface area contributed by atoms with Crippen molar-refractivity contribution in [1.29, 1.82) is 0 Å². The van der Waals surface area contributed by atoms with Crippen molar-refractivity contribution >= 4 is 35.8 Å². The summed E-state index contributed by atoms with van der Waals surface area (Å²) in [5.74, 6) is -14.8. The molecule has 7 fully saturated rings. The fourth-order valence-corrected chi connectivity index (χ4v) is 13.9. The van der Waals surface area contributed by atoms with Crippen LogP contribution in [0.5, 0.6) is 0 Å². The van der Waals surface area contributed by atoms with Crippen molar-refractivity contribution in [2.75, 3.05) is 7.11 Å². The number of hydrogen-bond acceptors (Lipinski definition) is 19. The number of methoxy groups -OCH3 is 1. The van der Waals surface area contributed by atoms with Crippen LogP contribution in [0.1, 0.15) is 101 Å². The van der Waals surface area contributed by atoms with Gasteiger partial charge in [-0.25, -0.2) is 9.59 Å². The van der Waals surface area contributed by atoms with Gasteiger partial charge in [0.25, 0.3) is 5.97 Å². The molecule has 4 bridgehead atoms. The molecular formula is C45H58O19. The number of allylic oxidation sites excluding steroid dienone is 1. The fourth-order valence-electron chi connectivity index (χ4n) is 13.9. The van der Waals surface area contributed by atoms with Gasteiger partial charge in [0.05, 0.1) is 42.5 Å². The van der Waals surface area contributed by atoms with E-state index in [9.17, 15) is 39.3 Å². The average Bonchev–Trinajstić information content (AvgIpc) is 3.90. The fraction of sp³-hybridized carbons (Fsp3) is 0.733. The van der Waals surface area contributed by atoms with Gasteiger partial charge in [-0.1, -0.05) is 62.3 Å². The number of furan rings is 1. The van der Waals surface area contributed by atoms with E-state index in [0.717, 1.165) is 21.0 Å². The molecule has 3 N–H and O–H groups in total. The Kier molecular flexibility index (Phi) is 10.0. The topological polar surface area (TPSA) is 259 Å². The minimum absolute atomic E-state index is 0.202. The molecule has 16 atom stereocenters. The predicted octanol–water partition coefficient (Wildman–Crippen LogP) is 3.27. The largest absolute Gasteiger partial charge is 0.511 e. The van der Waals surface area contributed by atoms with Crippen LogP contribution in [0.2, 0.25) is 0 Å². The molecule has 4 saturated carbocycles. The van der Waals surface area contributed by atoms with Crippen LogP contribution in [0.25, 0.3) is 0 Å². The van der Waals surface area contributed by atoms with Crippen LogP contribution in [-0.4, -0.2) is 117 Å². The zero-order valence-electron chi connectivity index (χ0n) is 38.2. The quantitative estimate of drug-likeness (QED) is 0.132. The number of fused-ring (bicyclic) bond motifs is 3. The smallest absolute Gasteiger partial charge is 0.338 e. The van der Waals surface area contributed by atoms with Gasteiger partial charge >= 0.3 is 35.8 Å². The van der Waals surface area contributed by atoms with Gasteiger partial charge in [0, 0.05) is 54.9 Å². The third-order valence-electron chi connectivity index (χ3n) is 15.7. The molecule has 4 aliphatic carbocycles. The van der Waals surface area contributed by atoms with Crippen molar-refractivity contribution in [3.8, 4) is 0 Å². The molecule has 3 saturated heterocycles. The molecule has 1 aromatic heterocycles. The minimum Gasteiger partial charge on any atom is -0.511 e. The molecule has 19 heteroatoms. The maximum absolute atomic E-state index is 15.1. The number of ether oxygens (including phenoxy) is 9. The monoisotopic (exact) mass is 902 g/mol. The molecule has 2 spiro atoms. The molecule has 0 radical (unpaired) electrons. The van der Waals surface area contributed by atoms with Gasteiger partial charge in [0.2, 0.25) is 0 Å². The molecule has 4 heterocycles. The lowest BCUT2D eigenvalue weighted by molar-refractivity contribution is -0.492. The summed E-state index contributed by atoms with van der Waals surface area (Å²) in [5.41, 5.74) is -16.5. The van der Waals surface area contributed by atoms with Crippen LogP contribution >= 0.6 is 0 Å². The van der Waals surface area contributed by atoms with E-state index in [0.29, 0.717) is 0 Å². The summed E-state index contributed by atoms with van der Waals surface area (Å²) in [4.78, 5) is 85.2. The Morgan fingerprint density at radius 3 is 1.89 bits per heavy atom. The zero-order chi connectivity index (χ0) is 47.4. The first-order chi connectivity index (χ1) is 29.6. The van der Waals surface area contributed by atoms with Crippen molar-refractivity contribution in [3.05, 3.63) is 35.5 Å². The first kappa shape index (κ1) is 46.0. The Labute approximate surface area is 369 Å². The van der Waals surface area contributed by atoms with E-state index in [1.54, 1.807) is 55.4 Å². The summed E-state index contributed by atoms with van der Waals surface area (Å²) in [7, 11) is 1.05. The van der Waals surface area contributed by atoms with Crippen molar-refractivity contribution in [2.24, 2.45) is 45.8 Å². The van der Waals surface area contributed by atoms with E-state index >= 15 is 4.79 Å². The molecule has 352 valence electrons. The molecule has 64 heavy (non-hydrogen) atoms. The Morgan fingerprint density at radius 2 is 1.38 bits per heavy atom. The van der Waals surface area contributed by atoms with Crippen molar-refractivity contribution in [3.63, 3.8) is 0 Å². The summed E-state index contributed by atoms with van der Waals surface area (Å²) >= 11 is 0. The number of carbonyl (C=O) groups excluding carboxylic acids is 6. The maximum atomic E-state index is 15.1. The number of aliphatic hydroxyl groups is 3. The van der Waals surface area contributed by atoms with Gasteiger partial charge in [-0.05, 0) is 12.5 Å². The van der Waals surface area contributed by atoms with Crippen LogP contribution in [-0.2, 0) is 71.4 Å². The van der Waals surface area contributed by atoms with Crippen LogP contribution in [0.3, 0.4) is 0 Å². The molecule has 8 rings (SSSR count). The zero-order valence-corrected chi connectivity index (χ0v) is 38.2. The molecule has 19 nitrogen and oxygen atoms in total. The lowest BCUT2D eigenvalue weighted by Gasteiger charge is -2.78. The second-order valence-electron chi connectivity index (χ2n) is 20.3. The standard InChI is InChI=1S/C45H58O19/c1-18(2)25(48)24-27-39(10,29(59-34(24)52)23-14-15-56-16-23)30(60-32(50)19(3)4)31(61-33(51)20(5)6)45-40(11)28(26(49)35(53)55-13)38(9)17-42(40)43(54,36(38)57-21(7)46)37(58-22(8)47)44(27,45)63-41(12,62-42)64-45/h14-16,18-20,26-31,36-37,48-49,54H,17H2,1-13H3/b25-24-/t26?,27-,28+,29+,30+,31-,36+,37-,38-,39-,40-,41-,42-,43+,44-,45+/m1/s1. The van der Waals surface area contributed by atoms with Gasteiger partial charge in [0.1, 0.15) is 23.6 Å². The van der Waals surface area contributed by atoms with E-state index in [4.69, 9.17) is 47.0 Å². The molecule has 3 aliphatic heterocycles. The van der Waals surface area contributed by atoms with E-state index in [2.05, 4.69) is 0 Å². The predicted molar refractivity (Wildman–Crippen MR) is 211 cm³/mol. The van der Waals surface area contributed by atoms with Crippen LogP contribution in [0.4, 0.5) is 0 Å². The van der Waals surface area contributed by atoms with Crippen LogP contribution in [0.15, 0.2) is 34.3 Å². The molecule has 0 aromatic carbocycles. The number of rotatable bonds is 10. The number of aliphatic hydroxyl groups excluding tert-OH is 2. The van der Waals surface area contributed by atoms with Gasteiger partial charge in [-0.2, -0.15) is 0 Å². The Hall–Kier alpha value is -4.56. The summed E-state index contributed by atoms with van der Waals surface area (Å²) in [5, 5.41) is 39.2. The number of carbonyl (C=O) groups is 6. The third kappa shape index (κ3) is 5.05. The second-order valence-corrected chi connectivity index (χ2v) is 20.3. The number of cyclic esters (lactones) is 1. The lowest BCUT2D eigenvalue weighted by Crippen LogP contribution is -2.98. The third-order valence-corrected chi connectivity index (χ3v) is 15.7. The van der Waals surface area contributed by atoms with Gasteiger partial charge in [0.15, 0.2) is 41.2 Å². The lowest BCUT2D eigenvalue weighted by atomic mass is 9.31. The summed E-state index contributed by atoms with van der Waals surface area (Å²) in [6.07, 6.45) is -9.19. The normalized spacial score (nSPS) is 45.7. The highest BCUT2D eigenvalue weighted by molar-refractivity contribution is 5.92. The Balaban J connectivity index is 1.65. The van der Waals surface area contributed by atoms with E-state index in [1.165, 1.54) is 32.4 Å². The Bertz CT molecular complexity index is 2230. The van der Waals surface area contributed by atoms with Gasteiger partial charge in [-0.15, -0.1) is 0 Å².